The number of nitrogens with zero attached hydrogens (tertiary/aromatic N) is 1. The Morgan fingerprint density at radius 3 is 2.27 bits per heavy atom. The van der Waals surface area contributed by atoms with Gasteiger partial charge < -0.3 is 0 Å². The van der Waals surface area contributed by atoms with Gasteiger partial charge in [-0.15, -0.1) is 0 Å². The summed E-state index contributed by atoms with van der Waals surface area (Å²) in [6, 6.07) is 0. The van der Waals surface area contributed by atoms with Gasteiger partial charge in [0.1, 0.15) is 0 Å². The van der Waals surface area contributed by atoms with Crippen molar-refractivity contribution in [1.29, 1.82) is 0 Å². The summed E-state index contributed by atoms with van der Waals surface area (Å²) in [5.41, 5.74) is 0. The van der Waals surface area contributed by atoms with Crippen molar-refractivity contribution < 1.29 is 0 Å². The number of hydrogen-bond donors (Lipinski definition) is 0. The fourth-order valence-corrected chi connectivity index (χ4v) is 5.10. The molecule has 0 unspecified atom stereocenters. The van der Waals surface area contributed by atoms with Crippen LogP contribution in [0.25, 0.3) is 0 Å². The van der Waals surface area contributed by atoms with E-state index in [9.17, 15) is 0 Å². The van der Waals surface area contributed by atoms with Crippen LogP contribution in [0.4, 0.5) is 0 Å². The van der Waals surface area contributed by atoms with Gasteiger partial charge in [-0.3, -0.25) is 0 Å². The Hall–Kier alpha value is 0.830. The molecule has 0 aliphatic heterocycles. The van der Waals surface area contributed by atoms with Crippen molar-refractivity contribution in [2.45, 2.75) is 32.8 Å². The first kappa shape index (κ1) is 11.8. The molecule has 0 aromatic carbocycles. The van der Waals surface area contributed by atoms with E-state index in [0.29, 0.717) is 0 Å². The van der Waals surface area contributed by atoms with Crippen LogP contribution in [0.1, 0.15) is 19.8 Å². The zero-order valence-corrected chi connectivity index (χ0v) is 11.9. The molecule has 0 aliphatic carbocycles. The van der Waals surface area contributed by atoms with Crippen LogP contribution in [-0.4, -0.2) is 47.0 Å². The summed E-state index contributed by atoms with van der Waals surface area (Å²) >= 11 is -0.872. The van der Waals surface area contributed by atoms with E-state index in [2.05, 4.69) is 30.6 Å². The first-order valence-corrected chi connectivity index (χ1v) is 12.8. The third-order valence-electron chi connectivity index (χ3n) is 2.25. The number of hydrogen-bond acceptors (Lipinski definition) is 1. The Morgan fingerprint density at radius 1 is 1.18 bits per heavy atom. The van der Waals surface area contributed by atoms with E-state index in [0.717, 1.165) is 0 Å². The minimum atomic E-state index is -0.872. The average molecular weight is 259 g/mol. The molecule has 0 radical (unpaired) electrons. The molecule has 1 nitrogen and oxygen atoms in total. The summed E-state index contributed by atoms with van der Waals surface area (Å²) in [7, 11) is 4.32. The van der Waals surface area contributed by atoms with Gasteiger partial charge in [0.2, 0.25) is 0 Å². The van der Waals surface area contributed by atoms with E-state index in [1.165, 1.54) is 19.4 Å². The van der Waals surface area contributed by atoms with E-state index < -0.39 is 21.4 Å². The quantitative estimate of drug-likeness (QED) is 0.662. The first-order valence-electron chi connectivity index (χ1n) is 4.81. The van der Waals surface area contributed by atoms with Crippen LogP contribution in [0.2, 0.25) is 13.0 Å². The molecule has 0 saturated carbocycles. The molecule has 0 aliphatic rings. The molecule has 0 rings (SSSR count). The zero-order chi connectivity index (χ0) is 8.69. The van der Waals surface area contributed by atoms with Crippen molar-refractivity contribution in [3.8, 4) is 0 Å². The summed E-state index contributed by atoms with van der Waals surface area (Å²) in [6.45, 7) is 3.65. The van der Waals surface area contributed by atoms with E-state index in [1.807, 2.05) is 0 Å². The molecule has 0 aromatic heterocycles. The van der Waals surface area contributed by atoms with Crippen molar-refractivity contribution >= 4 is 21.4 Å². The third kappa shape index (κ3) is 8.74. The molecule has 66 valence electrons. The van der Waals surface area contributed by atoms with Crippen LogP contribution in [0.5, 0.6) is 0 Å². The molecule has 2 heteroatoms. The number of rotatable bonds is 6. The van der Waals surface area contributed by atoms with Crippen LogP contribution >= 0.6 is 0 Å². The van der Waals surface area contributed by atoms with E-state index in [-0.39, 0.29) is 0 Å². The van der Waals surface area contributed by atoms with Crippen molar-refractivity contribution in [2.24, 2.45) is 0 Å². The Labute approximate surface area is 79.7 Å². The SMILES string of the molecule is C[CH2][In]([CH3])[CH2]CCCN(C)C. The van der Waals surface area contributed by atoms with Gasteiger partial charge in [0, 0.05) is 0 Å². The zero-order valence-electron chi connectivity index (χ0n) is 8.56. The van der Waals surface area contributed by atoms with E-state index in [4.69, 9.17) is 0 Å². The molecule has 0 saturated heterocycles. The van der Waals surface area contributed by atoms with Crippen LogP contribution in [0.15, 0.2) is 0 Å². The van der Waals surface area contributed by atoms with Gasteiger partial charge in [0.25, 0.3) is 0 Å². The predicted molar refractivity (Wildman–Crippen MR) is 54.7 cm³/mol. The summed E-state index contributed by atoms with van der Waals surface area (Å²) in [5.74, 6) is 0. The second-order valence-corrected chi connectivity index (χ2v) is 14.1. The molecule has 0 fully saturated rings. The van der Waals surface area contributed by atoms with Gasteiger partial charge in [0.05, 0.1) is 0 Å². The van der Waals surface area contributed by atoms with Crippen molar-refractivity contribution in [3.63, 3.8) is 0 Å². The Bertz CT molecular complexity index is 83.6. The molecule has 0 N–H and O–H groups in total. The Kier molecular flexibility index (Phi) is 8.04. The summed E-state index contributed by atoms with van der Waals surface area (Å²) in [6.07, 6.45) is 2.90. The maximum atomic E-state index is 2.55. The van der Waals surface area contributed by atoms with Gasteiger partial charge in [-0.25, -0.2) is 0 Å². The van der Waals surface area contributed by atoms with Crippen LogP contribution < -0.4 is 0 Å². The van der Waals surface area contributed by atoms with Gasteiger partial charge in [-0.1, -0.05) is 0 Å². The van der Waals surface area contributed by atoms with Crippen LogP contribution in [0.3, 0.4) is 0 Å². The van der Waals surface area contributed by atoms with Crippen LogP contribution in [0, 0.1) is 0 Å². The second kappa shape index (κ2) is 7.48. The molecular weight excluding hydrogens is 237 g/mol. The fourth-order valence-electron chi connectivity index (χ4n) is 1.12. The number of unbranched alkanes of at least 4 members (excludes halogenated alkanes) is 1. The van der Waals surface area contributed by atoms with Crippen LogP contribution in [-0.2, 0) is 0 Å². The average Bonchev–Trinajstić information content (AvgIpc) is 1.97. The van der Waals surface area contributed by atoms with Crippen molar-refractivity contribution in [2.75, 3.05) is 20.6 Å². The first-order chi connectivity index (χ1) is 5.16. The second-order valence-electron chi connectivity index (χ2n) is 3.81. The molecule has 0 aromatic rings. The Balaban J connectivity index is 3.01. The fraction of sp³-hybridized carbons (Fsp3) is 1.00. The van der Waals surface area contributed by atoms with Crippen molar-refractivity contribution in [3.05, 3.63) is 0 Å². The molecule has 0 bridgehead atoms. The molecule has 0 amide bonds. The van der Waals surface area contributed by atoms with Gasteiger partial charge >= 0.3 is 79.8 Å². The van der Waals surface area contributed by atoms with Gasteiger partial charge in [-0.05, 0) is 0 Å². The predicted octanol–water partition coefficient (Wildman–Crippen LogP) is 2.47. The van der Waals surface area contributed by atoms with E-state index >= 15 is 0 Å². The third-order valence-corrected chi connectivity index (χ3v) is 10.2. The summed E-state index contributed by atoms with van der Waals surface area (Å²) in [5, 5.41) is 0. The maximum absolute atomic E-state index is 2.55. The molecule has 0 heterocycles. The van der Waals surface area contributed by atoms with E-state index in [1.54, 1.807) is 8.35 Å². The van der Waals surface area contributed by atoms with Gasteiger partial charge in [0.15, 0.2) is 0 Å². The summed E-state index contributed by atoms with van der Waals surface area (Å²) < 4.78 is 5.72. The Morgan fingerprint density at radius 2 is 1.82 bits per heavy atom. The summed E-state index contributed by atoms with van der Waals surface area (Å²) in [4.78, 5) is 2.28. The van der Waals surface area contributed by atoms with Crippen molar-refractivity contribution in [1.82, 2.24) is 4.90 Å². The molecular formula is C9H22InN. The molecule has 0 atom stereocenters. The minimum absolute atomic E-state index is 0.872. The molecule has 0 spiro atoms. The molecule has 11 heavy (non-hydrogen) atoms. The van der Waals surface area contributed by atoms with Gasteiger partial charge in [-0.2, -0.15) is 0 Å². The topological polar surface area (TPSA) is 3.24 Å². The normalized spacial score (nSPS) is 10.6. The monoisotopic (exact) mass is 259 g/mol. The standard InChI is InChI=1S/C6H14N.C2H5.CH3.In/c1-4-5-6-7(2)3;1-2;;/h1,4-6H2,2-3H3;1H2,2H3;1H3;.